The van der Waals surface area contributed by atoms with Crippen molar-refractivity contribution in [1.82, 2.24) is 5.32 Å². The molecule has 2 aromatic rings. The number of anilines is 1. The largest absolute Gasteiger partial charge is 0.493 e. The first-order valence-corrected chi connectivity index (χ1v) is 6.98. The lowest BCUT2D eigenvalue weighted by Crippen LogP contribution is -2.25. The SMILES string of the molecule is COc1ccc(CCNC(=O)c2ccc(N)cc2)cc1OC. The van der Waals surface area contributed by atoms with Gasteiger partial charge in [0, 0.05) is 17.8 Å². The van der Waals surface area contributed by atoms with Gasteiger partial charge in [-0.15, -0.1) is 0 Å². The van der Waals surface area contributed by atoms with Crippen molar-refractivity contribution < 1.29 is 14.3 Å². The Labute approximate surface area is 130 Å². The van der Waals surface area contributed by atoms with Crippen molar-refractivity contribution in [3.8, 4) is 11.5 Å². The molecule has 2 aromatic carbocycles. The minimum Gasteiger partial charge on any atom is -0.493 e. The maximum atomic E-state index is 12.0. The van der Waals surface area contributed by atoms with Gasteiger partial charge in [0.2, 0.25) is 0 Å². The van der Waals surface area contributed by atoms with Crippen LogP contribution in [0, 0.1) is 0 Å². The molecular weight excluding hydrogens is 280 g/mol. The molecule has 0 aliphatic rings. The number of rotatable bonds is 6. The highest BCUT2D eigenvalue weighted by Gasteiger charge is 2.06. The van der Waals surface area contributed by atoms with E-state index in [0.717, 1.165) is 5.56 Å². The van der Waals surface area contributed by atoms with Crippen LogP contribution in [0.1, 0.15) is 15.9 Å². The van der Waals surface area contributed by atoms with Crippen molar-refractivity contribution in [2.75, 3.05) is 26.5 Å². The van der Waals surface area contributed by atoms with Gasteiger partial charge >= 0.3 is 0 Å². The Balaban J connectivity index is 1.90. The summed E-state index contributed by atoms with van der Waals surface area (Å²) in [7, 11) is 3.20. The molecule has 0 atom stereocenters. The predicted molar refractivity (Wildman–Crippen MR) is 86.4 cm³/mol. The average Bonchev–Trinajstić information content (AvgIpc) is 2.55. The number of methoxy groups -OCH3 is 2. The van der Waals surface area contributed by atoms with E-state index in [4.69, 9.17) is 15.2 Å². The van der Waals surface area contributed by atoms with E-state index < -0.39 is 0 Å². The van der Waals surface area contributed by atoms with Crippen LogP contribution in [0.3, 0.4) is 0 Å². The first-order chi connectivity index (χ1) is 10.6. The van der Waals surface area contributed by atoms with E-state index >= 15 is 0 Å². The van der Waals surface area contributed by atoms with Crippen LogP contribution in [0.25, 0.3) is 0 Å². The third-order valence-electron chi connectivity index (χ3n) is 3.32. The quantitative estimate of drug-likeness (QED) is 0.803. The summed E-state index contributed by atoms with van der Waals surface area (Å²) in [5.74, 6) is 1.27. The lowest BCUT2D eigenvalue weighted by molar-refractivity contribution is 0.0954. The van der Waals surface area contributed by atoms with E-state index in [2.05, 4.69) is 5.32 Å². The molecule has 0 bridgehead atoms. The summed E-state index contributed by atoms with van der Waals surface area (Å²) >= 11 is 0. The second-order valence-electron chi connectivity index (χ2n) is 4.82. The summed E-state index contributed by atoms with van der Waals surface area (Å²) in [6.45, 7) is 0.540. The second kappa shape index (κ2) is 7.36. The number of carbonyl (C=O) groups is 1. The van der Waals surface area contributed by atoms with Crippen LogP contribution in [-0.4, -0.2) is 26.7 Å². The van der Waals surface area contributed by atoms with Crippen LogP contribution in [-0.2, 0) is 6.42 Å². The third-order valence-corrected chi connectivity index (χ3v) is 3.32. The van der Waals surface area contributed by atoms with E-state index in [9.17, 15) is 4.79 Å². The highest BCUT2D eigenvalue weighted by Crippen LogP contribution is 2.27. The molecule has 1 amide bonds. The van der Waals surface area contributed by atoms with Gasteiger partial charge in [-0.2, -0.15) is 0 Å². The van der Waals surface area contributed by atoms with Crippen molar-refractivity contribution >= 4 is 11.6 Å². The maximum Gasteiger partial charge on any atom is 0.251 e. The molecule has 0 fully saturated rings. The Bertz CT molecular complexity index is 639. The Morgan fingerprint density at radius 3 is 2.36 bits per heavy atom. The maximum absolute atomic E-state index is 12.0. The molecule has 0 spiro atoms. The molecule has 0 heterocycles. The lowest BCUT2D eigenvalue weighted by Gasteiger charge is -2.10. The fourth-order valence-corrected chi connectivity index (χ4v) is 2.09. The molecule has 0 aliphatic carbocycles. The summed E-state index contributed by atoms with van der Waals surface area (Å²) in [6, 6.07) is 12.6. The van der Waals surface area contributed by atoms with Crippen LogP contribution in [0.2, 0.25) is 0 Å². The Kier molecular flexibility index (Phi) is 5.25. The summed E-state index contributed by atoms with van der Waals surface area (Å²) in [5.41, 5.74) is 7.90. The lowest BCUT2D eigenvalue weighted by atomic mass is 10.1. The van der Waals surface area contributed by atoms with Crippen LogP contribution < -0.4 is 20.5 Å². The standard InChI is InChI=1S/C17H20N2O3/c1-21-15-8-3-12(11-16(15)22-2)9-10-19-17(20)13-4-6-14(18)7-5-13/h3-8,11H,9-10,18H2,1-2H3,(H,19,20). The minimum atomic E-state index is -0.111. The second-order valence-corrected chi connectivity index (χ2v) is 4.82. The van der Waals surface area contributed by atoms with Gasteiger partial charge in [-0.25, -0.2) is 0 Å². The average molecular weight is 300 g/mol. The van der Waals surface area contributed by atoms with Gasteiger partial charge in [-0.1, -0.05) is 6.07 Å². The smallest absolute Gasteiger partial charge is 0.251 e. The molecule has 5 nitrogen and oxygen atoms in total. The van der Waals surface area contributed by atoms with E-state index in [1.165, 1.54) is 0 Å². The summed E-state index contributed by atoms with van der Waals surface area (Å²) in [6.07, 6.45) is 0.709. The molecule has 0 aromatic heterocycles. The fraction of sp³-hybridized carbons (Fsp3) is 0.235. The molecule has 0 aliphatic heterocycles. The monoisotopic (exact) mass is 300 g/mol. The number of amides is 1. The number of carbonyl (C=O) groups excluding carboxylic acids is 1. The van der Waals surface area contributed by atoms with Crippen molar-refractivity contribution in [2.45, 2.75) is 6.42 Å². The Morgan fingerprint density at radius 2 is 1.73 bits per heavy atom. The highest BCUT2D eigenvalue weighted by molar-refractivity contribution is 5.94. The van der Waals surface area contributed by atoms with Gasteiger partial charge in [0.1, 0.15) is 0 Å². The zero-order valence-electron chi connectivity index (χ0n) is 12.8. The molecule has 0 saturated heterocycles. The van der Waals surface area contributed by atoms with Crippen LogP contribution in [0.15, 0.2) is 42.5 Å². The zero-order valence-corrected chi connectivity index (χ0v) is 12.8. The third kappa shape index (κ3) is 3.91. The molecule has 0 radical (unpaired) electrons. The van der Waals surface area contributed by atoms with Gasteiger partial charge in [-0.05, 0) is 48.4 Å². The number of hydrogen-bond donors (Lipinski definition) is 2. The first-order valence-electron chi connectivity index (χ1n) is 6.98. The first kappa shape index (κ1) is 15.7. The predicted octanol–water partition coefficient (Wildman–Crippen LogP) is 2.26. The van der Waals surface area contributed by atoms with Gasteiger partial charge in [0.25, 0.3) is 5.91 Å². The number of hydrogen-bond acceptors (Lipinski definition) is 4. The molecule has 3 N–H and O–H groups in total. The van der Waals surface area contributed by atoms with E-state index in [-0.39, 0.29) is 5.91 Å². The van der Waals surface area contributed by atoms with Crippen LogP contribution in [0.4, 0.5) is 5.69 Å². The number of benzene rings is 2. The molecular formula is C17H20N2O3. The van der Waals surface area contributed by atoms with Crippen LogP contribution >= 0.6 is 0 Å². The van der Waals surface area contributed by atoms with E-state index in [1.54, 1.807) is 38.5 Å². The molecule has 0 unspecified atom stereocenters. The summed E-state index contributed by atoms with van der Waals surface area (Å²) in [4.78, 5) is 12.0. The van der Waals surface area contributed by atoms with E-state index in [0.29, 0.717) is 35.7 Å². The molecule has 2 rings (SSSR count). The number of ether oxygens (including phenoxy) is 2. The minimum absolute atomic E-state index is 0.111. The zero-order chi connectivity index (χ0) is 15.9. The number of nitrogens with two attached hydrogens (primary N) is 1. The van der Waals surface area contributed by atoms with Crippen molar-refractivity contribution in [3.05, 3.63) is 53.6 Å². The van der Waals surface area contributed by atoms with Crippen molar-refractivity contribution in [1.29, 1.82) is 0 Å². The summed E-state index contributed by atoms with van der Waals surface area (Å²) in [5, 5.41) is 2.88. The molecule has 5 heteroatoms. The van der Waals surface area contributed by atoms with Gasteiger partial charge in [-0.3, -0.25) is 4.79 Å². The molecule has 22 heavy (non-hydrogen) atoms. The summed E-state index contributed by atoms with van der Waals surface area (Å²) < 4.78 is 10.5. The Hall–Kier alpha value is -2.69. The highest BCUT2D eigenvalue weighted by atomic mass is 16.5. The molecule has 0 saturated carbocycles. The number of nitrogens with one attached hydrogen (secondary N) is 1. The number of nitrogen functional groups attached to an aromatic ring is 1. The normalized spacial score (nSPS) is 10.1. The fourth-order valence-electron chi connectivity index (χ4n) is 2.09. The van der Waals surface area contributed by atoms with Crippen LogP contribution in [0.5, 0.6) is 11.5 Å². The van der Waals surface area contributed by atoms with Gasteiger partial charge in [0.15, 0.2) is 11.5 Å². The Morgan fingerprint density at radius 1 is 1.05 bits per heavy atom. The van der Waals surface area contributed by atoms with E-state index in [1.807, 2.05) is 18.2 Å². The van der Waals surface area contributed by atoms with Gasteiger partial charge < -0.3 is 20.5 Å². The topological polar surface area (TPSA) is 73.6 Å². The molecule has 116 valence electrons. The van der Waals surface area contributed by atoms with Crippen molar-refractivity contribution in [3.63, 3.8) is 0 Å². The van der Waals surface area contributed by atoms with Crippen molar-refractivity contribution in [2.24, 2.45) is 0 Å². The van der Waals surface area contributed by atoms with Gasteiger partial charge in [0.05, 0.1) is 14.2 Å².